The lowest BCUT2D eigenvalue weighted by molar-refractivity contribution is -0.146. The van der Waals surface area contributed by atoms with E-state index in [4.69, 9.17) is 0 Å². The Morgan fingerprint density at radius 3 is 2.30 bits per heavy atom. The van der Waals surface area contributed by atoms with Gasteiger partial charge in [0.1, 0.15) is 0 Å². The van der Waals surface area contributed by atoms with Crippen molar-refractivity contribution in [3.8, 4) is 0 Å². The minimum absolute atomic E-state index is 0.338. The number of hydrogen-bond acceptors (Lipinski definition) is 3. The number of carbonyl (C=O) groups is 2. The molecule has 1 heterocycles. The van der Waals surface area contributed by atoms with Crippen LogP contribution in [-0.2, 0) is 15.1 Å². The van der Waals surface area contributed by atoms with Gasteiger partial charge in [0.05, 0.1) is 0 Å². The quantitative estimate of drug-likeness (QED) is 0.716. The summed E-state index contributed by atoms with van der Waals surface area (Å²) in [5.74, 6) is -1.42. The number of aliphatic carboxylic acids is 1. The fourth-order valence-electron chi connectivity index (χ4n) is 2.02. The van der Waals surface area contributed by atoms with Crippen molar-refractivity contribution in [3.63, 3.8) is 0 Å². The molecule has 1 amide bonds. The van der Waals surface area contributed by atoms with Crippen molar-refractivity contribution in [3.05, 3.63) is 47.0 Å². The van der Waals surface area contributed by atoms with E-state index in [2.05, 4.69) is 10.6 Å². The van der Waals surface area contributed by atoms with Gasteiger partial charge in [0.25, 0.3) is 0 Å². The van der Waals surface area contributed by atoms with Crippen molar-refractivity contribution in [1.29, 1.82) is 0 Å². The molecule has 1 aliphatic rings. The van der Waals surface area contributed by atoms with Crippen LogP contribution < -0.4 is 10.6 Å². The molecule has 5 heteroatoms. The maximum atomic E-state index is 12.2. The molecular formula is C15H18N2O3. The Bertz CT molecular complexity index is 560. The van der Waals surface area contributed by atoms with E-state index in [1.54, 1.807) is 37.3 Å². The third kappa shape index (κ3) is 2.58. The zero-order valence-electron chi connectivity index (χ0n) is 11.6. The zero-order chi connectivity index (χ0) is 14.8. The minimum atomic E-state index is -1.43. The van der Waals surface area contributed by atoms with Crippen LogP contribution in [0.15, 0.2) is 41.5 Å². The molecule has 1 aromatic rings. The summed E-state index contributed by atoms with van der Waals surface area (Å²) in [6, 6.07) is 8.71. The molecule has 0 bridgehead atoms. The minimum Gasteiger partial charge on any atom is -0.479 e. The van der Waals surface area contributed by atoms with Gasteiger partial charge in [-0.1, -0.05) is 30.3 Å². The Labute approximate surface area is 117 Å². The summed E-state index contributed by atoms with van der Waals surface area (Å²) in [7, 11) is 0. The van der Waals surface area contributed by atoms with E-state index in [1.807, 2.05) is 0 Å². The predicted molar refractivity (Wildman–Crippen MR) is 75.1 cm³/mol. The number of amides is 1. The number of hydrogen-bond donors (Lipinski definition) is 3. The van der Waals surface area contributed by atoms with E-state index in [0.29, 0.717) is 24.2 Å². The van der Waals surface area contributed by atoms with Gasteiger partial charge in [-0.2, -0.15) is 0 Å². The number of rotatable bonds is 4. The van der Waals surface area contributed by atoms with Gasteiger partial charge in [0.2, 0.25) is 5.91 Å². The molecule has 2 rings (SSSR count). The Kier molecular flexibility index (Phi) is 3.90. The molecule has 106 valence electrons. The monoisotopic (exact) mass is 274 g/mol. The molecule has 1 saturated heterocycles. The van der Waals surface area contributed by atoms with Crippen molar-refractivity contribution < 1.29 is 14.7 Å². The van der Waals surface area contributed by atoms with E-state index < -0.39 is 11.5 Å². The molecule has 0 aromatic heterocycles. The highest BCUT2D eigenvalue weighted by atomic mass is 16.4. The van der Waals surface area contributed by atoms with Gasteiger partial charge in [-0.3, -0.25) is 4.79 Å². The molecule has 5 nitrogen and oxygen atoms in total. The van der Waals surface area contributed by atoms with E-state index in [0.717, 1.165) is 5.57 Å². The molecule has 1 aromatic carbocycles. The van der Waals surface area contributed by atoms with Crippen LogP contribution in [-0.4, -0.2) is 30.1 Å². The fraction of sp³-hybridized carbons (Fsp3) is 0.333. The van der Waals surface area contributed by atoms with Crippen molar-refractivity contribution >= 4 is 11.9 Å². The van der Waals surface area contributed by atoms with Crippen LogP contribution in [0.2, 0.25) is 0 Å². The van der Waals surface area contributed by atoms with Gasteiger partial charge in [-0.15, -0.1) is 0 Å². The Morgan fingerprint density at radius 1 is 1.25 bits per heavy atom. The van der Waals surface area contributed by atoms with Crippen molar-refractivity contribution in [2.24, 2.45) is 0 Å². The van der Waals surface area contributed by atoms with Crippen LogP contribution in [0.5, 0.6) is 0 Å². The molecule has 0 saturated carbocycles. The maximum Gasteiger partial charge on any atom is 0.333 e. The number of carbonyl (C=O) groups excluding carboxylic acids is 1. The number of carboxylic acid groups (broad SMARTS) is 1. The average molecular weight is 274 g/mol. The van der Waals surface area contributed by atoms with Gasteiger partial charge in [-0.25, -0.2) is 4.79 Å². The number of carboxylic acids is 1. The fourth-order valence-corrected chi connectivity index (χ4v) is 2.02. The second-order valence-electron chi connectivity index (χ2n) is 5.08. The molecule has 0 aliphatic carbocycles. The summed E-state index contributed by atoms with van der Waals surface area (Å²) < 4.78 is 0. The van der Waals surface area contributed by atoms with Crippen molar-refractivity contribution in [1.82, 2.24) is 10.6 Å². The molecular weight excluding hydrogens is 256 g/mol. The zero-order valence-corrected chi connectivity index (χ0v) is 11.6. The summed E-state index contributed by atoms with van der Waals surface area (Å²) >= 11 is 0. The van der Waals surface area contributed by atoms with Crippen molar-refractivity contribution in [2.45, 2.75) is 19.4 Å². The van der Waals surface area contributed by atoms with E-state index in [1.165, 1.54) is 6.92 Å². The number of benzene rings is 1. The Morgan fingerprint density at radius 2 is 1.85 bits per heavy atom. The smallest absolute Gasteiger partial charge is 0.333 e. The van der Waals surface area contributed by atoms with Crippen LogP contribution in [0.25, 0.3) is 0 Å². The lowest BCUT2D eigenvalue weighted by atomic mass is 9.91. The van der Waals surface area contributed by atoms with Gasteiger partial charge < -0.3 is 15.7 Å². The normalized spacial score (nSPS) is 16.8. The molecule has 1 aliphatic heterocycles. The van der Waals surface area contributed by atoms with E-state index in [-0.39, 0.29) is 5.91 Å². The third-order valence-corrected chi connectivity index (χ3v) is 3.69. The summed E-state index contributed by atoms with van der Waals surface area (Å²) in [5.41, 5.74) is 0.720. The second-order valence-corrected chi connectivity index (χ2v) is 5.08. The molecule has 0 radical (unpaired) electrons. The van der Waals surface area contributed by atoms with Crippen molar-refractivity contribution in [2.75, 3.05) is 13.1 Å². The highest BCUT2D eigenvalue weighted by Gasteiger charge is 2.37. The van der Waals surface area contributed by atoms with Crippen LogP contribution in [0.4, 0.5) is 0 Å². The highest BCUT2D eigenvalue weighted by molar-refractivity contribution is 5.97. The summed E-state index contributed by atoms with van der Waals surface area (Å²) in [6.07, 6.45) is 0. The first-order valence-electron chi connectivity index (χ1n) is 6.46. The van der Waals surface area contributed by atoms with E-state index >= 15 is 0 Å². The van der Waals surface area contributed by atoms with Crippen LogP contribution in [0.3, 0.4) is 0 Å². The van der Waals surface area contributed by atoms with Gasteiger partial charge >= 0.3 is 5.97 Å². The summed E-state index contributed by atoms with van der Waals surface area (Å²) in [5, 5.41) is 15.2. The largest absolute Gasteiger partial charge is 0.479 e. The molecule has 20 heavy (non-hydrogen) atoms. The first-order valence-corrected chi connectivity index (χ1v) is 6.46. The standard InChI is InChI=1S/C15H18N2O3/c1-10(11-8-16-9-11)13(18)17-15(2,14(19)20)12-6-4-3-5-7-12/h3-7,16H,8-9H2,1-2H3,(H,17,18)(H,19,20). The Hall–Kier alpha value is -2.14. The van der Waals surface area contributed by atoms with Gasteiger partial charge in [0, 0.05) is 18.7 Å². The Balaban J connectivity index is 2.27. The maximum absolute atomic E-state index is 12.2. The average Bonchev–Trinajstić information content (AvgIpc) is 2.37. The van der Waals surface area contributed by atoms with Crippen LogP contribution >= 0.6 is 0 Å². The summed E-state index contributed by atoms with van der Waals surface area (Å²) in [4.78, 5) is 23.8. The molecule has 1 atom stereocenters. The highest BCUT2D eigenvalue weighted by Crippen LogP contribution is 2.22. The lowest BCUT2D eigenvalue weighted by Crippen LogP contribution is -2.50. The van der Waals surface area contributed by atoms with Gasteiger partial charge in [-0.05, 0) is 25.0 Å². The second kappa shape index (κ2) is 5.46. The first-order chi connectivity index (χ1) is 9.45. The molecule has 1 unspecified atom stereocenters. The van der Waals surface area contributed by atoms with Gasteiger partial charge in [0.15, 0.2) is 5.54 Å². The first kappa shape index (κ1) is 14.3. The predicted octanol–water partition coefficient (Wildman–Crippen LogP) is 1.02. The van der Waals surface area contributed by atoms with E-state index in [9.17, 15) is 14.7 Å². The van der Waals surface area contributed by atoms with Crippen LogP contribution in [0.1, 0.15) is 19.4 Å². The van der Waals surface area contributed by atoms with Crippen LogP contribution in [0, 0.1) is 0 Å². The molecule has 3 N–H and O–H groups in total. The third-order valence-electron chi connectivity index (χ3n) is 3.69. The number of nitrogens with one attached hydrogen (secondary N) is 2. The molecule has 0 spiro atoms. The topological polar surface area (TPSA) is 78.4 Å². The summed E-state index contributed by atoms with van der Waals surface area (Å²) in [6.45, 7) is 4.60. The SMILES string of the molecule is CC(C(=O)NC(C)(C(=O)O)c1ccccc1)=C1CNC1. The molecule has 1 fully saturated rings. The lowest BCUT2D eigenvalue weighted by Gasteiger charge is -2.28.